The highest BCUT2D eigenvalue weighted by Gasteiger charge is 2.21. The van der Waals surface area contributed by atoms with Gasteiger partial charge in [0.2, 0.25) is 0 Å². The van der Waals surface area contributed by atoms with E-state index in [1.165, 1.54) is 46.0 Å². The van der Waals surface area contributed by atoms with Crippen LogP contribution < -0.4 is 5.32 Å². The summed E-state index contributed by atoms with van der Waals surface area (Å²) in [5, 5.41) is 3.46. The molecule has 1 nitrogen and oxygen atoms in total. The van der Waals surface area contributed by atoms with Gasteiger partial charge in [-0.15, -0.1) is 0 Å². The zero-order valence-corrected chi connectivity index (χ0v) is 14.3. The van der Waals surface area contributed by atoms with Crippen LogP contribution in [0.2, 0.25) is 0 Å². The molecule has 1 N–H and O–H groups in total. The maximum atomic E-state index is 3.65. The Bertz CT molecular complexity index is 631. The molecule has 1 atom stereocenters. The first-order valence-corrected chi connectivity index (χ1v) is 8.51. The summed E-state index contributed by atoms with van der Waals surface area (Å²) >= 11 is 3.65. The molecule has 2 aromatic rings. The fourth-order valence-electron chi connectivity index (χ4n) is 3.05. The molecule has 110 valence electrons. The number of benzene rings is 2. The molecule has 21 heavy (non-hydrogen) atoms. The minimum atomic E-state index is 0.252. The predicted molar refractivity (Wildman–Crippen MR) is 92.8 cm³/mol. The second-order valence-electron chi connectivity index (χ2n) is 6.03. The number of rotatable bonds is 4. The first-order chi connectivity index (χ1) is 10.2. The first kappa shape index (κ1) is 14.8. The van der Waals surface area contributed by atoms with Gasteiger partial charge in [-0.1, -0.05) is 58.7 Å². The molecule has 3 rings (SSSR count). The van der Waals surface area contributed by atoms with E-state index in [1.807, 2.05) is 7.05 Å². The van der Waals surface area contributed by atoms with Crippen LogP contribution in [0.3, 0.4) is 0 Å². The van der Waals surface area contributed by atoms with E-state index in [9.17, 15) is 0 Å². The minimum absolute atomic E-state index is 0.252. The van der Waals surface area contributed by atoms with Crippen LogP contribution in [0.25, 0.3) is 0 Å². The van der Waals surface area contributed by atoms with Crippen LogP contribution >= 0.6 is 15.9 Å². The number of nitrogens with one attached hydrogen (secondary N) is 1. The summed E-state index contributed by atoms with van der Waals surface area (Å²) in [6.45, 7) is 2.12. The molecule has 0 bridgehead atoms. The lowest BCUT2D eigenvalue weighted by molar-refractivity contribution is 0.419. The summed E-state index contributed by atoms with van der Waals surface area (Å²) < 4.78 is 1.18. The van der Waals surface area contributed by atoms with E-state index in [0.29, 0.717) is 0 Å². The van der Waals surface area contributed by atoms with Crippen molar-refractivity contribution in [1.29, 1.82) is 0 Å². The van der Waals surface area contributed by atoms with Crippen molar-refractivity contribution in [2.24, 2.45) is 0 Å². The van der Waals surface area contributed by atoms with Crippen LogP contribution in [0.4, 0.5) is 0 Å². The normalized spacial score (nSPS) is 16.5. The molecule has 0 radical (unpaired) electrons. The molecule has 1 fully saturated rings. The molecule has 0 amide bonds. The van der Waals surface area contributed by atoms with Crippen molar-refractivity contribution in [2.45, 2.75) is 38.1 Å². The third-order valence-corrected chi connectivity index (χ3v) is 5.49. The smallest absolute Gasteiger partial charge is 0.0574 e. The number of hydrogen-bond acceptors (Lipinski definition) is 1. The van der Waals surface area contributed by atoms with Gasteiger partial charge in [-0.3, -0.25) is 0 Å². The van der Waals surface area contributed by atoms with Gasteiger partial charge in [-0.25, -0.2) is 0 Å². The fraction of sp³-hybridized carbons (Fsp3) is 0.368. The summed E-state index contributed by atoms with van der Waals surface area (Å²) in [4.78, 5) is 0. The number of aryl methyl sites for hydroxylation is 1. The molecular formula is C19H22BrN. The molecule has 0 aromatic heterocycles. The Balaban J connectivity index is 1.93. The molecule has 2 heteroatoms. The third kappa shape index (κ3) is 3.07. The zero-order valence-electron chi connectivity index (χ0n) is 12.7. The first-order valence-electron chi connectivity index (χ1n) is 7.72. The summed E-state index contributed by atoms with van der Waals surface area (Å²) in [6, 6.07) is 16.0. The Morgan fingerprint density at radius 1 is 1.10 bits per heavy atom. The molecule has 2 aromatic carbocycles. The highest BCUT2D eigenvalue weighted by atomic mass is 79.9. The van der Waals surface area contributed by atoms with Gasteiger partial charge in [-0.05, 0) is 61.1 Å². The zero-order chi connectivity index (χ0) is 14.8. The molecule has 1 aliphatic rings. The molecule has 1 aliphatic carbocycles. The maximum absolute atomic E-state index is 3.65. The number of halogens is 1. The van der Waals surface area contributed by atoms with E-state index in [4.69, 9.17) is 0 Å². The topological polar surface area (TPSA) is 12.0 Å². The average Bonchev–Trinajstić information content (AvgIpc) is 2.42. The van der Waals surface area contributed by atoms with Gasteiger partial charge >= 0.3 is 0 Å². The molecule has 0 saturated heterocycles. The van der Waals surface area contributed by atoms with Crippen molar-refractivity contribution in [1.82, 2.24) is 5.32 Å². The Hall–Kier alpha value is -1.12. The van der Waals surface area contributed by atoms with Crippen molar-refractivity contribution >= 4 is 15.9 Å². The van der Waals surface area contributed by atoms with Gasteiger partial charge in [-0.2, -0.15) is 0 Å². The Labute approximate surface area is 135 Å². The van der Waals surface area contributed by atoms with Crippen LogP contribution in [0.5, 0.6) is 0 Å². The van der Waals surface area contributed by atoms with Crippen molar-refractivity contribution in [3.63, 3.8) is 0 Å². The summed E-state index contributed by atoms with van der Waals surface area (Å²) in [6.07, 6.45) is 4.09. The van der Waals surface area contributed by atoms with E-state index in [0.717, 1.165) is 5.92 Å². The summed E-state index contributed by atoms with van der Waals surface area (Å²) in [7, 11) is 2.04. The third-order valence-electron chi connectivity index (χ3n) is 4.64. The largest absolute Gasteiger partial charge is 0.309 e. The van der Waals surface area contributed by atoms with Crippen molar-refractivity contribution in [3.8, 4) is 0 Å². The van der Waals surface area contributed by atoms with Gasteiger partial charge < -0.3 is 5.32 Å². The Morgan fingerprint density at radius 3 is 2.48 bits per heavy atom. The van der Waals surface area contributed by atoms with Crippen LogP contribution in [-0.4, -0.2) is 7.05 Å². The molecule has 0 spiro atoms. The fourth-order valence-corrected chi connectivity index (χ4v) is 3.45. The Morgan fingerprint density at radius 2 is 1.86 bits per heavy atom. The Kier molecular flexibility index (Phi) is 4.46. The quantitative estimate of drug-likeness (QED) is 0.790. The molecule has 0 heterocycles. The van der Waals surface area contributed by atoms with E-state index in [-0.39, 0.29) is 6.04 Å². The van der Waals surface area contributed by atoms with Crippen LogP contribution in [0.1, 0.15) is 53.5 Å². The highest BCUT2D eigenvalue weighted by Crippen LogP contribution is 2.37. The van der Waals surface area contributed by atoms with E-state index < -0.39 is 0 Å². The monoisotopic (exact) mass is 343 g/mol. The molecule has 1 unspecified atom stereocenters. The number of hydrogen-bond donors (Lipinski definition) is 1. The van der Waals surface area contributed by atoms with Gasteiger partial charge in [0, 0.05) is 4.47 Å². The van der Waals surface area contributed by atoms with Crippen LogP contribution in [0, 0.1) is 6.92 Å². The van der Waals surface area contributed by atoms with Gasteiger partial charge in [0.25, 0.3) is 0 Å². The van der Waals surface area contributed by atoms with Gasteiger partial charge in [0.15, 0.2) is 0 Å². The van der Waals surface area contributed by atoms with Gasteiger partial charge in [0.05, 0.1) is 6.04 Å². The predicted octanol–water partition coefficient (Wildman–Crippen LogP) is 5.33. The second-order valence-corrected chi connectivity index (χ2v) is 6.88. The molecule has 1 saturated carbocycles. The SMILES string of the molecule is CNC(c1cccc(C2CCC2)c1)c1ccc(C)c(Br)c1. The lowest BCUT2D eigenvalue weighted by Crippen LogP contribution is -2.18. The minimum Gasteiger partial charge on any atom is -0.309 e. The summed E-state index contributed by atoms with van der Waals surface area (Å²) in [5.74, 6) is 0.784. The van der Waals surface area contributed by atoms with Crippen LogP contribution in [0.15, 0.2) is 46.9 Å². The maximum Gasteiger partial charge on any atom is 0.0574 e. The van der Waals surface area contributed by atoms with Crippen molar-refractivity contribution in [2.75, 3.05) is 7.05 Å². The molecule has 0 aliphatic heterocycles. The van der Waals surface area contributed by atoms with Gasteiger partial charge in [0.1, 0.15) is 0 Å². The summed E-state index contributed by atoms with van der Waals surface area (Å²) in [5.41, 5.74) is 5.44. The second kappa shape index (κ2) is 6.33. The van der Waals surface area contributed by atoms with E-state index >= 15 is 0 Å². The van der Waals surface area contributed by atoms with Crippen molar-refractivity contribution in [3.05, 3.63) is 69.2 Å². The average molecular weight is 344 g/mol. The highest BCUT2D eigenvalue weighted by molar-refractivity contribution is 9.10. The van der Waals surface area contributed by atoms with E-state index in [1.54, 1.807) is 0 Å². The van der Waals surface area contributed by atoms with Crippen molar-refractivity contribution < 1.29 is 0 Å². The lowest BCUT2D eigenvalue weighted by atomic mass is 9.79. The lowest BCUT2D eigenvalue weighted by Gasteiger charge is -2.27. The standard InChI is InChI=1S/C19H22BrN/c1-13-9-10-17(12-18(13)20)19(21-2)16-8-4-7-15(11-16)14-5-3-6-14/h4,7-12,14,19,21H,3,5-6H2,1-2H3. The van der Waals surface area contributed by atoms with E-state index in [2.05, 4.69) is 70.6 Å². The molecular weight excluding hydrogens is 322 g/mol. The van der Waals surface area contributed by atoms with Crippen LogP contribution in [-0.2, 0) is 0 Å².